The van der Waals surface area contributed by atoms with Gasteiger partial charge in [0.05, 0.1) is 6.10 Å². The first-order valence-corrected chi connectivity index (χ1v) is 5.34. The summed E-state index contributed by atoms with van der Waals surface area (Å²) in [6.07, 6.45) is -0.787. The molecule has 1 amide bonds. The fourth-order valence-corrected chi connectivity index (χ4v) is 2.08. The first-order chi connectivity index (χ1) is 6.68. The lowest BCUT2D eigenvalue weighted by Gasteiger charge is -2.50. The van der Waals surface area contributed by atoms with Crippen LogP contribution in [0, 0.1) is 10.8 Å². The van der Waals surface area contributed by atoms with Gasteiger partial charge in [-0.25, -0.2) is 4.79 Å². The molecule has 2 N–H and O–H groups in total. The van der Waals surface area contributed by atoms with Crippen LogP contribution in [0.2, 0.25) is 0 Å². The SMILES string of the molecule is CC(C)(C)[C@]1(C)CN(C(=O)O)CC[C@@H]1O. The second-order valence-corrected chi connectivity index (χ2v) is 5.68. The zero-order chi connectivity index (χ0) is 11.9. The van der Waals surface area contributed by atoms with Crippen molar-refractivity contribution in [2.45, 2.75) is 40.2 Å². The van der Waals surface area contributed by atoms with E-state index < -0.39 is 12.2 Å². The average Bonchev–Trinajstić information content (AvgIpc) is 2.07. The van der Waals surface area contributed by atoms with E-state index in [-0.39, 0.29) is 10.8 Å². The van der Waals surface area contributed by atoms with Crippen LogP contribution in [0.4, 0.5) is 4.79 Å². The minimum absolute atomic E-state index is 0.111. The molecule has 0 unspecified atom stereocenters. The van der Waals surface area contributed by atoms with Crippen LogP contribution >= 0.6 is 0 Å². The molecule has 2 atom stereocenters. The maximum absolute atomic E-state index is 10.9. The third-order valence-corrected chi connectivity index (χ3v) is 3.91. The Kier molecular flexibility index (Phi) is 3.01. The molecule has 4 heteroatoms. The smallest absolute Gasteiger partial charge is 0.407 e. The third kappa shape index (κ3) is 2.09. The molecule has 0 aromatic carbocycles. The maximum Gasteiger partial charge on any atom is 0.407 e. The van der Waals surface area contributed by atoms with Gasteiger partial charge in [0, 0.05) is 18.5 Å². The maximum atomic E-state index is 10.9. The second kappa shape index (κ2) is 3.67. The van der Waals surface area contributed by atoms with Crippen molar-refractivity contribution in [1.82, 2.24) is 4.90 Å². The lowest BCUT2D eigenvalue weighted by molar-refractivity contribution is -0.0893. The monoisotopic (exact) mass is 215 g/mol. The number of aliphatic hydroxyl groups is 1. The van der Waals surface area contributed by atoms with Gasteiger partial charge in [-0.2, -0.15) is 0 Å². The van der Waals surface area contributed by atoms with Crippen LogP contribution in [0.5, 0.6) is 0 Å². The summed E-state index contributed by atoms with van der Waals surface area (Å²) in [4.78, 5) is 12.3. The zero-order valence-corrected chi connectivity index (χ0v) is 9.95. The largest absolute Gasteiger partial charge is 0.465 e. The summed E-state index contributed by atoms with van der Waals surface area (Å²) in [6, 6.07) is 0. The van der Waals surface area contributed by atoms with Crippen LogP contribution in [0.3, 0.4) is 0 Å². The van der Waals surface area contributed by atoms with E-state index in [0.29, 0.717) is 19.5 Å². The lowest BCUT2D eigenvalue weighted by atomic mass is 9.62. The fourth-order valence-electron chi connectivity index (χ4n) is 2.08. The van der Waals surface area contributed by atoms with E-state index in [4.69, 9.17) is 5.11 Å². The topological polar surface area (TPSA) is 60.8 Å². The van der Waals surface area contributed by atoms with Gasteiger partial charge in [-0.1, -0.05) is 27.7 Å². The van der Waals surface area contributed by atoms with Crippen molar-refractivity contribution in [3.8, 4) is 0 Å². The summed E-state index contributed by atoms with van der Waals surface area (Å²) >= 11 is 0. The summed E-state index contributed by atoms with van der Waals surface area (Å²) in [5.41, 5.74) is -0.482. The molecule has 0 aliphatic carbocycles. The average molecular weight is 215 g/mol. The molecule has 0 aromatic rings. The number of aliphatic hydroxyl groups excluding tert-OH is 1. The molecule has 0 radical (unpaired) electrons. The van der Waals surface area contributed by atoms with Crippen LogP contribution in [-0.2, 0) is 0 Å². The minimum atomic E-state index is -0.891. The molecule has 1 fully saturated rings. The molecule has 0 saturated carbocycles. The highest BCUT2D eigenvalue weighted by molar-refractivity contribution is 5.65. The first-order valence-electron chi connectivity index (χ1n) is 5.34. The Hall–Kier alpha value is -0.770. The molecule has 15 heavy (non-hydrogen) atoms. The number of nitrogens with zero attached hydrogens (tertiary/aromatic N) is 1. The van der Waals surface area contributed by atoms with E-state index in [1.165, 1.54) is 4.90 Å². The third-order valence-electron chi connectivity index (χ3n) is 3.91. The molecular formula is C11H21NO3. The molecule has 1 heterocycles. The fraction of sp³-hybridized carbons (Fsp3) is 0.909. The van der Waals surface area contributed by atoms with Crippen molar-refractivity contribution in [3.05, 3.63) is 0 Å². The van der Waals surface area contributed by atoms with Gasteiger partial charge in [0.25, 0.3) is 0 Å². The predicted molar refractivity (Wildman–Crippen MR) is 57.8 cm³/mol. The summed E-state index contributed by atoms with van der Waals surface area (Å²) in [7, 11) is 0. The van der Waals surface area contributed by atoms with Crippen LogP contribution in [0.15, 0.2) is 0 Å². The van der Waals surface area contributed by atoms with Crippen LogP contribution in [-0.4, -0.2) is 40.4 Å². The molecule has 88 valence electrons. The molecule has 4 nitrogen and oxygen atoms in total. The number of amides is 1. The number of rotatable bonds is 0. The summed E-state index contributed by atoms with van der Waals surface area (Å²) in [6.45, 7) is 8.94. The Bertz CT molecular complexity index is 259. The Morgan fingerprint density at radius 2 is 2.00 bits per heavy atom. The normalized spacial score (nSPS) is 32.9. The van der Waals surface area contributed by atoms with Crippen molar-refractivity contribution < 1.29 is 15.0 Å². The highest BCUT2D eigenvalue weighted by Crippen LogP contribution is 2.45. The van der Waals surface area contributed by atoms with Crippen molar-refractivity contribution in [3.63, 3.8) is 0 Å². The van der Waals surface area contributed by atoms with Gasteiger partial charge in [-0.15, -0.1) is 0 Å². The number of likely N-dealkylation sites (tertiary alicyclic amines) is 1. The Morgan fingerprint density at radius 1 is 1.47 bits per heavy atom. The van der Waals surface area contributed by atoms with E-state index in [2.05, 4.69) is 0 Å². The summed E-state index contributed by atoms with van der Waals surface area (Å²) in [5.74, 6) is 0. The molecule has 1 aliphatic rings. The molecule has 0 bridgehead atoms. The first kappa shape index (κ1) is 12.3. The van der Waals surface area contributed by atoms with Gasteiger partial charge in [-0.3, -0.25) is 0 Å². The molecule has 0 aromatic heterocycles. The number of hydrogen-bond donors (Lipinski definition) is 2. The van der Waals surface area contributed by atoms with E-state index >= 15 is 0 Å². The zero-order valence-electron chi connectivity index (χ0n) is 9.95. The number of carboxylic acid groups (broad SMARTS) is 1. The standard InChI is InChI=1S/C11H21NO3/c1-10(2,3)11(4)7-12(9(14)15)6-5-8(11)13/h8,13H,5-7H2,1-4H3,(H,14,15)/t8-,11+/m0/s1. The van der Waals surface area contributed by atoms with Gasteiger partial charge < -0.3 is 15.1 Å². The van der Waals surface area contributed by atoms with E-state index in [9.17, 15) is 9.90 Å². The highest BCUT2D eigenvalue weighted by Gasteiger charge is 2.47. The van der Waals surface area contributed by atoms with E-state index in [1.54, 1.807) is 0 Å². The molecule has 1 aliphatic heterocycles. The highest BCUT2D eigenvalue weighted by atomic mass is 16.4. The Balaban J connectivity index is 2.91. The van der Waals surface area contributed by atoms with Crippen LogP contribution in [0.1, 0.15) is 34.1 Å². The van der Waals surface area contributed by atoms with Crippen molar-refractivity contribution in [2.24, 2.45) is 10.8 Å². The van der Waals surface area contributed by atoms with Gasteiger partial charge >= 0.3 is 6.09 Å². The second-order valence-electron chi connectivity index (χ2n) is 5.68. The van der Waals surface area contributed by atoms with Crippen LogP contribution in [0.25, 0.3) is 0 Å². The van der Waals surface area contributed by atoms with Gasteiger partial charge in [-0.05, 0) is 11.8 Å². The van der Waals surface area contributed by atoms with Crippen molar-refractivity contribution in [2.75, 3.05) is 13.1 Å². The van der Waals surface area contributed by atoms with E-state index in [0.717, 1.165) is 0 Å². The van der Waals surface area contributed by atoms with Crippen LogP contribution < -0.4 is 0 Å². The van der Waals surface area contributed by atoms with Crippen molar-refractivity contribution >= 4 is 6.09 Å². The summed E-state index contributed by atoms with van der Waals surface area (Å²) < 4.78 is 0. The Morgan fingerprint density at radius 3 is 2.40 bits per heavy atom. The minimum Gasteiger partial charge on any atom is -0.465 e. The molecule has 1 saturated heterocycles. The predicted octanol–water partition coefficient (Wildman–Crippen LogP) is 1.78. The van der Waals surface area contributed by atoms with Gasteiger partial charge in [0.15, 0.2) is 0 Å². The van der Waals surface area contributed by atoms with Crippen molar-refractivity contribution in [1.29, 1.82) is 0 Å². The molecule has 1 rings (SSSR count). The lowest BCUT2D eigenvalue weighted by Crippen LogP contribution is -2.57. The molecular weight excluding hydrogens is 194 g/mol. The Labute approximate surface area is 90.9 Å². The van der Waals surface area contributed by atoms with E-state index in [1.807, 2.05) is 27.7 Å². The number of hydrogen-bond acceptors (Lipinski definition) is 2. The number of carbonyl (C=O) groups is 1. The summed E-state index contributed by atoms with van der Waals surface area (Å²) in [5, 5.41) is 19.0. The number of piperidine rings is 1. The molecule has 0 spiro atoms. The van der Waals surface area contributed by atoms with Gasteiger partial charge in [0.1, 0.15) is 0 Å². The van der Waals surface area contributed by atoms with Gasteiger partial charge in [0.2, 0.25) is 0 Å². The quantitative estimate of drug-likeness (QED) is 0.647.